The van der Waals surface area contributed by atoms with E-state index in [1.54, 1.807) is 7.11 Å². The Morgan fingerprint density at radius 2 is 2.33 bits per heavy atom. The van der Waals surface area contributed by atoms with Gasteiger partial charge in [0.25, 0.3) is 0 Å². The van der Waals surface area contributed by atoms with Gasteiger partial charge < -0.3 is 10.2 Å². The molecule has 1 heterocycles. The lowest BCUT2D eigenvalue weighted by molar-refractivity contribution is 0.413. The van der Waals surface area contributed by atoms with Crippen molar-refractivity contribution in [2.45, 2.75) is 6.92 Å². The van der Waals surface area contributed by atoms with Crippen LogP contribution in [0.3, 0.4) is 0 Å². The molecule has 0 fully saturated rings. The van der Waals surface area contributed by atoms with E-state index in [0.29, 0.717) is 10.9 Å². The molecular weight excluding hydrogens is 212 g/mol. The van der Waals surface area contributed by atoms with Gasteiger partial charge in [-0.1, -0.05) is 18.5 Å². The van der Waals surface area contributed by atoms with Gasteiger partial charge in [0, 0.05) is 23.0 Å². The van der Waals surface area contributed by atoms with E-state index in [9.17, 15) is 0 Å². The molecule has 0 saturated carbocycles. The first-order chi connectivity index (χ1) is 7.22. The van der Waals surface area contributed by atoms with Crippen molar-refractivity contribution in [3.63, 3.8) is 0 Å². The molecule has 0 saturated heterocycles. The number of nitrogens with one attached hydrogen (secondary N) is 1. The van der Waals surface area contributed by atoms with E-state index in [1.165, 1.54) is 0 Å². The molecule has 1 aromatic carbocycles. The molecule has 2 rings (SSSR count). The molecule has 0 bridgehead atoms. The van der Waals surface area contributed by atoms with Crippen LogP contribution in [0.5, 0.6) is 5.75 Å². The zero-order valence-electron chi connectivity index (χ0n) is 8.75. The second kappa shape index (κ2) is 4.11. The molecule has 3 nitrogen and oxygen atoms in total. The lowest BCUT2D eigenvalue weighted by Gasteiger charge is -2.10. The number of hydrogen-bond donors (Lipinski definition) is 1. The molecule has 1 aliphatic rings. The van der Waals surface area contributed by atoms with Gasteiger partial charge in [0.1, 0.15) is 5.75 Å². The summed E-state index contributed by atoms with van der Waals surface area (Å²) >= 11 is 5.97. The first kappa shape index (κ1) is 10.3. The molecule has 1 unspecified atom stereocenters. The van der Waals surface area contributed by atoms with Crippen LogP contribution >= 0.6 is 11.6 Å². The summed E-state index contributed by atoms with van der Waals surface area (Å²) < 4.78 is 5.29. The highest BCUT2D eigenvalue weighted by molar-refractivity contribution is 6.31. The summed E-state index contributed by atoms with van der Waals surface area (Å²) in [6.45, 7) is 2.99. The zero-order chi connectivity index (χ0) is 10.8. The number of nitrogens with zero attached hydrogens (tertiary/aromatic N) is 1. The number of ether oxygens (including phenoxy) is 1. The van der Waals surface area contributed by atoms with Crippen LogP contribution in [-0.4, -0.2) is 19.4 Å². The van der Waals surface area contributed by atoms with Crippen molar-refractivity contribution >= 4 is 17.3 Å². The van der Waals surface area contributed by atoms with Gasteiger partial charge in [0.15, 0.2) is 0 Å². The second-order valence-corrected chi connectivity index (χ2v) is 4.04. The van der Waals surface area contributed by atoms with Gasteiger partial charge in [0.05, 0.1) is 12.8 Å². The van der Waals surface area contributed by atoms with Crippen molar-refractivity contribution in [3.05, 3.63) is 28.8 Å². The molecule has 1 aromatic rings. The van der Waals surface area contributed by atoms with Crippen molar-refractivity contribution in [1.29, 1.82) is 0 Å². The Kier molecular flexibility index (Phi) is 2.82. The van der Waals surface area contributed by atoms with Crippen LogP contribution in [0.4, 0.5) is 0 Å². The molecule has 0 radical (unpaired) electrons. The second-order valence-electron chi connectivity index (χ2n) is 3.60. The van der Waals surface area contributed by atoms with E-state index in [0.717, 1.165) is 23.6 Å². The Morgan fingerprint density at radius 1 is 1.53 bits per heavy atom. The topological polar surface area (TPSA) is 33.6 Å². The maximum Gasteiger partial charge on any atom is 0.128 e. The largest absolute Gasteiger partial charge is 0.496 e. The smallest absolute Gasteiger partial charge is 0.128 e. The summed E-state index contributed by atoms with van der Waals surface area (Å²) in [7, 11) is 1.65. The third kappa shape index (κ3) is 1.92. The van der Waals surface area contributed by atoms with E-state index in [4.69, 9.17) is 16.3 Å². The fourth-order valence-corrected chi connectivity index (χ4v) is 1.85. The first-order valence-electron chi connectivity index (χ1n) is 4.86. The van der Waals surface area contributed by atoms with Crippen LogP contribution in [0, 0.1) is 5.92 Å². The highest BCUT2D eigenvalue weighted by Crippen LogP contribution is 2.26. The Balaban J connectivity index is 2.46. The van der Waals surface area contributed by atoms with Crippen LogP contribution in [0.15, 0.2) is 23.3 Å². The van der Waals surface area contributed by atoms with Gasteiger partial charge >= 0.3 is 0 Å². The molecule has 80 valence electrons. The number of hydrogen-bond acceptors (Lipinski definition) is 3. The molecule has 0 spiro atoms. The minimum Gasteiger partial charge on any atom is -0.496 e. The van der Waals surface area contributed by atoms with Crippen molar-refractivity contribution in [1.82, 2.24) is 5.43 Å². The Labute approximate surface area is 94.1 Å². The quantitative estimate of drug-likeness (QED) is 0.837. The van der Waals surface area contributed by atoms with E-state index < -0.39 is 0 Å². The summed E-state index contributed by atoms with van der Waals surface area (Å²) in [6, 6.07) is 5.57. The van der Waals surface area contributed by atoms with Gasteiger partial charge in [-0.2, -0.15) is 5.10 Å². The molecular formula is C11H13ClN2O. The van der Waals surface area contributed by atoms with E-state index in [2.05, 4.69) is 17.5 Å². The van der Waals surface area contributed by atoms with Gasteiger partial charge in [0.2, 0.25) is 0 Å². The van der Waals surface area contributed by atoms with Crippen molar-refractivity contribution in [3.8, 4) is 5.75 Å². The van der Waals surface area contributed by atoms with Gasteiger partial charge in [-0.3, -0.25) is 0 Å². The van der Waals surface area contributed by atoms with Gasteiger partial charge in [-0.15, -0.1) is 0 Å². The van der Waals surface area contributed by atoms with E-state index in [-0.39, 0.29) is 0 Å². The van der Waals surface area contributed by atoms with Gasteiger partial charge in [-0.25, -0.2) is 0 Å². The zero-order valence-corrected chi connectivity index (χ0v) is 9.51. The fraction of sp³-hybridized carbons (Fsp3) is 0.364. The minimum atomic E-state index is 0.386. The van der Waals surface area contributed by atoms with Crippen LogP contribution in [0.1, 0.15) is 12.5 Å². The van der Waals surface area contributed by atoms with Gasteiger partial charge in [-0.05, 0) is 18.2 Å². The Bertz CT molecular complexity index is 404. The number of halogens is 1. The first-order valence-corrected chi connectivity index (χ1v) is 5.24. The molecule has 4 heteroatoms. The molecule has 1 aliphatic heterocycles. The maximum absolute atomic E-state index is 5.97. The monoisotopic (exact) mass is 224 g/mol. The van der Waals surface area contributed by atoms with Crippen LogP contribution in [0.25, 0.3) is 0 Å². The SMILES string of the molecule is COc1ccc(Cl)cc1C1=NNCC1C. The lowest BCUT2D eigenvalue weighted by atomic mass is 9.99. The number of methoxy groups -OCH3 is 1. The maximum atomic E-state index is 5.97. The molecule has 0 amide bonds. The Morgan fingerprint density at radius 3 is 2.93 bits per heavy atom. The third-order valence-corrected chi connectivity index (χ3v) is 2.74. The number of rotatable bonds is 2. The Hall–Kier alpha value is -1.22. The predicted molar refractivity (Wildman–Crippen MR) is 61.7 cm³/mol. The highest BCUT2D eigenvalue weighted by Gasteiger charge is 2.21. The molecule has 15 heavy (non-hydrogen) atoms. The van der Waals surface area contributed by atoms with E-state index in [1.807, 2.05) is 18.2 Å². The predicted octanol–water partition coefficient (Wildman–Crippen LogP) is 2.29. The third-order valence-electron chi connectivity index (χ3n) is 2.50. The summed E-state index contributed by atoms with van der Waals surface area (Å²) in [4.78, 5) is 0. The molecule has 0 aliphatic carbocycles. The molecule has 1 N–H and O–H groups in total. The fourth-order valence-electron chi connectivity index (χ4n) is 1.68. The lowest BCUT2D eigenvalue weighted by Crippen LogP contribution is -2.13. The number of hydrazone groups is 1. The molecule has 0 aromatic heterocycles. The molecule has 1 atom stereocenters. The van der Waals surface area contributed by atoms with Crippen molar-refractivity contribution in [2.24, 2.45) is 11.0 Å². The van der Waals surface area contributed by atoms with Crippen LogP contribution in [0.2, 0.25) is 5.02 Å². The summed E-state index contributed by atoms with van der Waals surface area (Å²) in [5.74, 6) is 1.20. The average molecular weight is 225 g/mol. The number of benzene rings is 1. The standard InChI is InChI=1S/C11H13ClN2O/c1-7-6-13-14-11(7)9-5-8(12)3-4-10(9)15-2/h3-5,7,13H,6H2,1-2H3. The summed E-state index contributed by atoms with van der Waals surface area (Å²) in [6.07, 6.45) is 0. The minimum absolute atomic E-state index is 0.386. The van der Waals surface area contributed by atoms with Crippen molar-refractivity contribution < 1.29 is 4.74 Å². The highest BCUT2D eigenvalue weighted by atomic mass is 35.5. The van der Waals surface area contributed by atoms with Crippen molar-refractivity contribution in [2.75, 3.05) is 13.7 Å². The van der Waals surface area contributed by atoms with Crippen LogP contribution < -0.4 is 10.2 Å². The van der Waals surface area contributed by atoms with Crippen LogP contribution in [-0.2, 0) is 0 Å². The van der Waals surface area contributed by atoms with E-state index >= 15 is 0 Å². The normalized spacial score (nSPS) is 19.7. The summed E-state index contributed by atoms with van der Waals surface area (Å²) in [5, 5.41) is 4.97. The average Bonchev–Trinajstić information content (AvgIpc) is 2.64. The summed E-state index contributed by atoms with van der Waals surface area (Å²) in [5.41, 5.74) is 4.96.